The number of carbonyl (C=O) groups excluding carboxylic acids is 3. The topological polar surface area (TPSA) is 116 Å². The molecule has 0 aromatic heterocycles. The number of nitrogens with zero attached hydrogens (tertiary/aromatic N) is 1. The van der Waals surface area contributed by atoms with Gasteiger partial charge in [-0.05, 0) is 24.6 Å². The molecule has 29 heavy (non-hydrogen) atoms. The van der Waals surface area contributed by atoms with Crippen molar-refractivity contribution in [2.24, 2.45) is 0 Å². The van der Waals surface area contributed by atoms with Crippen LogP contribution in [-0.4, -0.2) is 34.4 Å². The van der Waals surface area contributed by atoms with E-state index in [1.807, 2.05) is 0 Å². The minimum Gasteiger partial charge on any atom is -0.456 e. The lowest BCUT2D eigenvalue weighted by atomic mass is 10.1. The van der Waals surface area contributed by atoms with E-state index in [0.29, 0.717) is 17.0 Å². The third-order valence-electron chi connectivity index (χ3n) is 3.86. The number of esters is 1. The lowest BCUT2D eigenvalue weighted by molar-refractivity contribution is -0.384. The number of nitro benzene ring substituents is 1. The number of ketones is 1. The van der Waals surface area contributed by atoms with E-state index in [0.717, 1.165) is 5.56 Å². The Kier molecular flexibility index (Phi) is 7.90. The monoisotopic (exact) mass is 416 g/mol. The molecule has 0 aliphatic rings. The first-order chi connectivity index (χ1) is 13.8. The van der Waals surface area contributed by atoms with Gasteiger partial charge in [-0.1, -0.05) is 24.3 Å². The van der Waals surface area contributed by atoms with E-state index >= 15 is 0 Å². The van der Waals surface area contributed by atoms with Gasteiger partial charge in [0.2, 0.25) is 5.91 Å². The molecule has 0 unspecified atom stereocenters. The summed E-state index contributed by atoms with van der Waals surface area (Å²) in [4.78, 5) is 46.1. The number of benzene rings is 2. The normalized spacial score (nSPS) is 11.4. The number of thioether (sulfide) groups is 1. The lowest BCUT2D eigenvalue weighted by Gasteiger charge is -2.11. The first-order valence-electron chi connectivity index (χ1n) is 8.70. The molecule has 0 bridgehead atoms. The van der Waals surface area contributed by atoms with Crippen LogP contribution in [0.25, 0.3) is 0 Å². The summed E-state index contributed by atoms with van der Waals surface area (Å²) in [6.45, 7) is 3.05. The highest BCUT2D eigenvalue weighted by atomic mass is 32.2. The molecule has 0 saturated heterocycles. The molecule has 9 heteroatoms. The van der Waals surface area contributed by atoms with E-state index in [1.54, 1.807) is 43.3 Å². The summed E-state index contributed by atoms with van der Waals surface area (Å²) in [5, 5.41) is 12.7. The number of carbonyl (C=O) groups is 3. The lowest BCUT2D eigenvalue weighted by Crippen LogP contribution is -2.21. The summed E-state index contributed by atoms with van der Waals surface area (Å²) >= 11 is 1.19. The van der Waals surface area contributed by atoms with E-state index in [9.17, 15) is 24.5 Å². The van der Waals surface area contributed by atoms with Crippen LogP contribution in [0.1, 0.15) is 29.8 Å². The van der Waals surface area contributed by atoms with E-state index in [2.05, 4.69) is 5.32 Å². The van der Waals surface area contributed by atoms with E-state index in [1.165, 1.54) is 30.8 Å². The first-order valence-corrected chi connectivity index (χ1v) is 9.58. The molecule has 1 N–H and O–H groups in total. The molecule has 8 nitrogen and oxygen atoms in total. The highest BCUT2D eigenvalue weighted by molar-refractivity contribution is 8.00. The zero-order valence-corrected chi connectivity index (χ0v) is 16.7. The van der Waals surface area contributed by atoms with Gasteiger partial charge in [0.25, 0.3) is 5.69 Å². The van der Waals surface area contributed by atoms with Gasteiger partial charge in [-0.3, -0.25) is 24.5 Å². The molecule has 1 atom stereocenters. The minimum absolute atomic E-state index is 0.0294. The molecule has 0 heterocycles. The molecule has 2 rings (SSSR count). The highest BCUT2D eigenvalue weighted by Crippen LogP contribution is 2.26. The third-order valence-corrected chi connectivity index (χ3v) is 4.95. The molecular weight excluding hydrogens is 396 g/mol. The van der Waals surface area contributed by atoms with Gasteiger partial charge < -0.3 is 10.1 Å². The predicted octanol–water partition coefficient (Wildman–Crippen LogP) is 3.14. The van der Waals surface area contributed by atoms with Crippen molar-refractivity contribution < 1.29 is 24.0 Å². The average Bonchev–Trinajstić information content (AvgIpc) is 2.70. The maximum absolute atomic E-state index is 12.2. The second-order valence-electron chi connectivity index (χ2n) is 6.15. The second kappa shape index (κ2) is 10.4. The number of nitrogens with one attached hydrogen (secondary N) is 1. The standard InChI is InChI=1S/C20H20N2O6S/c1-13(29-18-9-7-17(8-10-18)22(26)27)20(25)28-12-19(24)16-5-3-15(4-6-16)11-21-14(2)23/h3-10,13H,11-12H2,1-2H3,(H,21,23)/t13-/m0/s1. The summed E-state index contributed by atoms with van der Waals surface area (Å²) in [7, 11) is 0. The smallest absolute Gasteiger partial charge is 0.319 e. The van der Waals surface area contributed by atoms with Crippen LogP contribution in [0.4, 0.5) is 5.69 Å². The van der Waals surface area contributed by atoms with Crippen molar-refractivity contribution in [2.45, 2.75) is 30.5 Å². The fourth-order valence-corrected chi connectivity index (χ4v) is 3.14. The number of ether oxygens (including phenoxy) is 1. The molecule has 0 radical (unpaired) electrons. The largest absolute Gasteiger partial charge is 0.456 e. The van der Waals surface area contributed by atoms with Crippen LogP contribution < -0.4 is 5.32 Å². The van der Waals surface area contributed by atoms with Crippen molar-refractivity contribution in [1.82, 2.24) is 5.32 Å². The van der Waals surface area contributed by atoms with E-state index in [-0.39, 0.29) is 24.0 Å². The van der Waals surface area contributed by atoms with Crippen LogP contribution in [0.3, 0.4) is 0 Å². The Morgan fingerprint density at radius 2 is 1.72 bits per heavy atom. The highest BCUT2D eigenvalue weighted by Gasteiger charge is 2.18. The number of Topliss-reactive ketones (excluding diaryl/α,β-unsaturated/α-hetero) is 1. The Hall–Kier alpha value is -3.20. The van der Waals surface area contributed by atoms with Gasteiger partial charge >= 0.3 is 5.97 Å². The molecule has 152 valence electrons. The van der Waals surface area contributed by atoms with Crippen molar-refractivity contribution in [3.63, 3.8) is 0 Å². The van der Waals surface area contributed by atoms with Crippen LogP contribution in [0.2, 0.25) is 0 Å². The molecule has 1 amide bonds. The fourth-order valence-electron chi connectivity index (χ4n) is 2.27. The van der Waals surface area contributed by atoms with Crippen molar-refractivity contribution in [2.75, 3.05) is 6.61 Å². The van der Waals surface area contributed by atoms with Crippen molar-refractivity contribution in [1.29, 1.82) is 0 Å². The fraction of sp³-hybridized carbons (Fsp3) is 0.250. The van der Waals surface area contributed by atoms with Crippen LogP contribution >= 0.6 is 11.8 Å². The number of rotatable bonds is 9. The average molecular weight is 416 g/mol. The van der Waals surface area contributed by atoms with Crippen LogP contribution in [0.15, 0.2) is 53.4 Å². The van der Waals surface area contributed by atoms with E-state index in [4.69, 9.17) is 4.74 Å². The molecule has 2 aromatic rings. The van der Waals surface area contributed by atoms with Gasteiger partial charge in [0, 0.05) is 36.1 Å². The summed E-state index contributed by atoms with van der Waals surface area (Å²) in [6, 6.07) is 12.5. The van der Waals surface area contributed by atoms with Gasteiger partial charge in [0.1, 0.15) is 5.25 Å². The predicted molar refractivity (Wildman–Crippen MR) is 108 cm³/mol. The second-order valence-corrected chi connectivity index (χ2v) is 7.56. The zero-order chi connectivity index (χ0) is 21.4. The summed E-state index contributed by atoms with van der Waals surface area (Å²) < 4.78 is 5.09. The maximum Gasteiger partial charge on any atom is 0.319 e. The molecular formula is C20H20N2O6S. The van der Waals surface area contributed by atoms with Crippen molar-refractivity contribution >= 4 is 35.1 Å². The SMILES string of the molecule is CC(=O)NCc1ccc(C(=O)COC(=O)[C@H](C)Sc2ccc([N+](=O)[O-])cc2)cc1. The van der Waals surface area contributed by atoms with Crippen LogP contribution in [0, 0.1) is 10.1 Å². The zero-order valence-electron chi connectivity index (χ0n) is 15.9. The number of nitro groups is 1. The first kappa shape index (κ1) is 22.1. The Morgan fingerprint density at radius 3 is 2.28 bits per heavy atom. The molecule has 2 aromatic carbocycles. The van der Waals surface area contributed by atoms with Gasteiger partial charge in [-0.15, -0.1) is 11.8 Å². The Morgan fingerprint density at radius 1 is 1.10 bits per heavy atom. The number of hydrogen-bond acceptors (Lipinski definition) is 7. The minimum atomic E-state index is -0.579. The number of hydrogen-bond donors (Lipinski definition) is 1. The Bertz CT molecular complexity index is 896. The summed E-state index contributed by atoms with van der Waals surface area (Å²) in [5.74, 6) is -1.03. The molecule has 0 aliphatic carbocycles. The Labute approximate surface area is 171 Å². The van der Waals surface area contributed by atoms with E-state index < -0.39 is 16.1 Å². The summed E-state index contributed by atoms with van der Waals surface area (Å²) in [5.41, 5.74) is 1.22. The van der Waals surface area contributed by atoms with Crippen molar-refractivity contribution in [3.8, 4) is 0 Å². The van der Waals surface area contributed by atoms with Crippen LogP contribution in [-0.2, 0) is 20.9 Å². The quantitative estimate of drug-likeness (QED) is 0.219. The molecule has 0 fully saturated rings. The van der Waals surface area contributed by atoms with Crippen molar-refractivity contribution in [3.05, 3.63) is 69.8 Å². The van der Waals surface area contributed by atoms with Gasteiger partial charge in [0.05, 0.1) is 4.92 Å². The number of non-ortho nitro benzene ring substituents is 1. The third kappa shape index (κ3) is 7.04. The Balaban J connectivity index is 1.83. The van der Waals surface area contributed by atoms with Gasteiger partial charge in [0.15, 0.2) is 12.4 Å². The van der Waals surface area contributed by atoms with Crippen LogP contribution in [0.5, 0.6) is 0 Å². The maximum atomic E-state index is 12.2. The molecule has 0 aliphatic heterocycles. The molecule has 0 spiro atoms. The summed E-state index contributed by atoms with van der Waals surface area (Å²) in [6.07, 6.45) is 0. The number of amides is 1. The van der Waals surface area contributed by atoms with Gasteiger partial charge in [-0.25, -0.2) is 0 Å². The van der Waals surface area contributed by atoms with Gasteiger partial charge in [-0.2, -0.15) is 0 Å². The molecule has 0 saturated carbocycles.